The monoisotopic (exact) mass is 447 g/mol. The Morgan fingerprint density at radius 2 is 2.13 bits per heavy atom. The van der Waals surface area contributed by atoms with Crippen LogP contribution in [0.2, 0.25) is 0 Å². The van der Waals surface area contributed by atoms with Gasteiger partial charge in [-0.2, -0.15) is 10.3 Å². The maximum absolute atomic E-state index is 12.7. The van der Waals surface area contributed by atoms with Crippen LogP contribution >= 0.6 is 23.5 Å². The standard InChI is InChI=1S/C18H17N5O5S2/c24-14(9-4-2-1-3-5-9)15(25)20-12-16(26)23-13(18(27)28)10(8-30-17(12)23)7-29-11-6-19-22-21-11/h1-6,12,14,17,24H,7-8H2,(H,20,25)(H,27,28)(H,19,21,22)/t12?,14?,17-/m1/s1. The highest BCUT2D eigenvalue weighted by Gasteiger charge is 2.54. The Bertz CT molecular complexity index is 998. The number of carboxylic acids is 1. The molecule has 3 heterocycles. The number of hydrogen-bond donors (Lipinski definition) is 4. The summed E-state index contributed by atoms with van der Waals surface area (Å²) in [5.41, 5.74) is 0.946. The Kier molecular flexibility index (Phi) is 5.79. The van der Waals surface area contributed by atoms with Crippen LogP contribution in [0.25, 0.3) is 0 Å². The van der Waals surface area contributed by atoms with Crippen LogP contribution in [-0.2, 0) is 14.4 Å². The number of amides is 2. The third-order valence-corrected chi connectivity index (χ3v) is 7.02. The van der Waals surface area contributed by atoms with Crippen LogP contribution in [0.15, 0.2) is 52.8 Å². The number of thioether (sulfide) groups is 2. The number of aromatic amines is 1. The van der Waals surface area contributed by atoms with Gasteiger partial charge in [0.15, 0.2) is 6.10 Å². The maximum Gasteiger partial charge on any atom is 0.352 e. The van der Waals surface area contributed by atoms with Gasteiger partial charge < -0.3 is 15.5 Å². The lowest BCUT2D eigenvalue weighted by Crippen LogP contribution is -2.70. The highest BCUT2D eigenvalue weighted by atomic mass is 32.2. The number of aliphatic hydroxyl groups excluding tert-OH is 1. The molecule has 2 aromatic rings. The maximum atomic E-state index is 12.7. The van der Waals surface area contributed by atoms with Crippen LogP contribution in [0.3, 0.4) is 0 Å². The quantitative estimate of drug-likeness (QED) is 0.349. The fourth-order valence-corrected chi connectivity index (χ4v) is 5.50. The normalized spacial score (nSPS) is 21.6. The van der Waals surface area contributed by atoms with Crippen LogP contribution in [0.4, 0.5) is 0 Å². The van der Waals surface area contributed by atoms with Crippen molar-refractivity contribution >= 4 is 41.3 Å². The number of carboxylic acid groups (broad SMARTS) is 1. The Hall–Kier alpha value is -2.83. The van der Waals surface area contributed by atoms with E-state index in [9.17, 15) is 24.6 Å². The number of benzene rings is 1. The molecule has 2 unspecified atom stereocenters. The van der Waals surface area contributed by atoms with Crippen molar-refractivity contribution in [3.8, 4) is 0 Å². The minimum atomic E-state index is -1.41. The molecule has 2 amide bonds. The van der Waals surface area contributed by atoms with Crippen LogP contribution in [0, 0.1) is 0 Å². The molecule has 156 valence electrons. The summed E-state index contributed by atoms with van der Waals surface area (Å²) in [7, 11) is 0. The van der Waals surface area contributed by atoms with E-state index in [1.54, 1.807) is 30.3 Å². The third kappa shape index (κ3) is 3.80. The van der Waals surface area contributed by atoms with Gasteiger partial charge in [-0.25, -0.2) is 4.79 Å². The molecule has 1 aromatic carbocycles. The molecule has 1 aromatic heterocycles. The number of H-pyrrole nitrogens is 1. The van der Waals surface area contributed by atoms with Gasteiger partial charge in [0.25, 0.3) is 11.8 Å². The van der Waals surface area contributed by atoms with E-state index in [0.717, 1.165) is 0 Å². The van der Waals surface area contributed by atoms with Crippen molar-refractivity contribution in [2.45, 2.75) is 22.5 Å². The van der Waals surface area contributed by atoms with Gasteiger partial charge in [0.05, 0.1) is 6.20 Å². The molecule has 1 saturated heterocycles. The first kappa shape index (κ1) is 20.4. The van der Waals surface area contributed by atoms with E-state index in [4.69, 9.17) is 0 Å². The van der Waals surface area contributed by atoms with Crippen LogP contribution in [0.5, 0.6) is 0 Å². The average Bonchev–Trinajstić information content (AvgIpc) is 3.28. The summed E-state index contributed by atoms with van der Waals surface area (Å²) in [5, 5.41) is 32.6. The van der Waals surface area contributed by atoms with E-state index < -0.39 is 35.3 Å². The summed E-state index contributed by atoms with van der Waals surface area (Å²) in [4.78, 5) is 38.1. The molecule has 0 saturated carbocycles. The molecule has 0 spiro atoms. The van der Waals surface area contributed by atoms with Crippen LogP contribution in [0.1, 0.15) is 11.7 Å². The highest BCUT2D eigenvalue weighted by Crippen LogP contribution is 2.41. The number of rotatable bonds is 7. The molecule has 4 rings (SSSR count). The van der Waals surface area contributed by atoms with Gasteiger partial charge in [0.1, 0.15) is 22.1 Å². The second-order valence-corrected chi connectivity index (χ2v) is 8.66. The zero-order chi connectivity index (χ0) is 21.3. The molecule has 0 aliphatic carbocycles. The number of carbonyl (C=O) groups is 3. The summed E-state index contributed by atoms with van der Waals surface area (Å²) in [6.45, 7) is 0. The summed E-state index contributed by atoms with van der Waals surface area (Å²) in [6.07, 6.45) is 0.119. The minimum absolute atomic E-state index is 0.0612. The zero-order valence-corrected chi connectivity index (χ0v) is 17.0. The van der Waals surface area contributed by atoms with Crippen molar-refractivity contribution in [2.75, 3.05) is 11.5 Å². The van der Waals surface area contributed by atoms with Gasteiger partial charge in [-0.05, 0) is 11.1 Å². The van der Waals surface area contributed by atoms with Gasteiger partial charge in [0.2, 0.25) is 0 Å². The lowest BCUT2D eigenvalue weighted by molar-refractivity contribution is -0.151. The Balaban J connectivity index is 1.46. The molecular weight excluding hydrogens is 430 g/mol. The lowest BCUT2D eigenvalue weighted by Gasteiger charge is -2.49. The van der Waals surface area contributed by atoms with Crippen molar-refractivity contribution in [3.63, 3.8) is 0 Å². The van der Waals surface area contributed by atoms with Crippen molar-refractivity contribution in [2.24, 2.45) is 0 Å². The third-order valence-electron chi connectivity index (χ3n) is 4.70. The molecule has 3 atom stereocenters. The van der Waals surface area contributed by atoms with Crippen molar-refractivity contribution in [1.82, 2.24) is 25.6 Å². The first-order valence-electron chi connectivity index (χ1n) is 8.89. The summed E-state index contributed by atoms with van der Waals surface area (Å²) in [5.74, 6) is -1.66. The molecule has 10 nitrogen and oxygen atoms in total. The van der Waals surface area contributed by atoms with E-state index in [2.05, 4.69) is 20.7 Å². The number of β-lactam (4-membered cyclic amide) rings is 1. The molecule has 30 heavy (non-hydrogen) atoms. The highest BCUT2D eigenvalue weighted by molar-refractivity contribution is 8.01. The molecular formula is C18H17N5O5S2. The summed E-state index contributed by atoms with van der Waals surface area (Å²) in [6, 6.07) is 7.48. The van der Waals surface area contributed by atoms with Gasteiger partial charge in [-0.1, -0.05) is 42.1 Å². The number of aromatic nitrogens is 3. The number of nitrogens with one attached hydrogen (secondary N) is 2. The summed E-state index contributed by atoms with van der Waals surface area (Å²) < 4.78 is 0. The molecule has 0 bridgehead atoms. The van der Waals surface area contributed by atoms with E-state index in [1.807, 2.05) is 0 Å². The number of fused-ring (bicyclic) bond motifs is 1. The first-order chi connectivity index (χ1) is 14.5. The van der Waals surface area contributed by atoms with Gasteiger partial charge in [0, 0.05) is 11.5 Å². The predicted molar refractivity (Wildman–Crippen MR) is 108 cm³/mol. The number of aliphatic hydroxyl groups is 1. The van der Waals surface area contributed by atoms with Crippen molar-refractivity contribution < 1.29 is 24.6 Å². The topological polar surface area (TPSA) is 149 Å². The molecule has 0 radical (unpaired) electrons. The molecule has 1 fully saturated rings. The summed E-state index contributed by atoms with van der Waals surface area (Å²) >= 11 is 2.69. The van der Waals surface area contributed by atoms with Crippen molar-refractivity contribution in [1.29, 1.82) is 0 Å². The second kappa shape index (κ2) is 8.50. The Morgan fingerprint density at radius 3 is 2.80 bits per heavy atom. The lowest BCUT2D eigenvalue weighted by atomic mass is 10.0. The Morgan fingerprint density at radius 1 is 1.37 bits per heavy atom. The molecule has 12 heteroatoms. The first-order valence-corrected chi connectivity index (χ1v) is 10.9. The fourth-order valence-electron chi connectivity index (χ4n) is 3.23. The van der Waals surface area contributed by atoms with Crippen molar-refractivity contribution in [3.05, 3.63) is 53.4 Å². The van der Waals surface area contributed by atoms with E-state index in [-0.39, 0.29) is 5.70 Å². The number of carbonyl (C=O) groups excluding carboxylic acids is 2. The fraction of sp³-hybridized carbons (Fsp3) is 0.278. The average molecular weight is 447 g/mol. The van der Waals surface area contributed by atoms with Crippen LogP contribution < -0.4 is 5.32 Å². The number of aliphatic carboxylic acids is 1. The van der Waals surface area contributed by atoms with Gasteiger partial charge >= 0.3 is 5.97 Å². The SMILES string of the molecule is O=C(O)C1=C(CSc2cn[nH]n2)CS[C@@H]2C(NC(=O)C(O)c3ccccc3)C(=O)N12. The van der Waals surface area contributed by atoms with Crippen LogP contribution in [-0.4, -0.2) is 71.2 Å². The minimum Gasteiger partial charge on any atom is -0.477 e. The second-order valence-electron chi connectivity index (χ2n) is 6.56. The molecule has 2 aliphatic heterocycles. The molecule has 4 N–H and O–H groups in total. The van der Waals surface area contributed by atoms with E-state index in [1.165, 1.54) is 34.6 Å². The van der Waals surface area contributed by atoms with Gasteiger partial charge in [-0.15, -0.1) is 16.9 Å². The smallest absolute Gasteiger partial charge is 0.352 e. The van der Waals surface area contributed by atoms with E-state index >= 15 is 0 Å². The predicted octanol–water partition coefficient (Wildman–Crippen LogP) is 0.369. The number of hydrogen-bond acceptors (Lipinski definition) is 8. The van der Waals surface area contributed by atoms with E-state index in [0.29, 0.717) is 27.7 Å². The molecule has 2 aliphatic rings. The van der Waals surface area contributed by atoms with Gasteiger partial charge in [-0.3, -0.25) is 14.5 Å². The number of nitrogens with zero attached hydrogens (tertiary/aromatic N) is 3. The Labute approximate surface area is 179 Å². The largest absolute Gasteiger partial charge is 0.477 e. The zero-order valence-electron chi connectivity index (χ0n) is 15.4.